The molecule has 1 unspecified atom stereocenters. The van der Waals surface area contributed by atoms with Crippen molar-refractivity contribution in [2.45, 2.75) is 32.3 Å². The highest BCUT2D eigenvalue weighted by molar-refractivity contribution is 5.48. The number of nitrogens with zero attached hydrogens (tertiary/aromatic N) is 2. The predicted molar refractivity (Wildman–Crippen MR) is 64.0 cm³/mol. The first kappa shape index (κ1) is 11.4. The fourth-order valence-corrected chi connectivity index (χ4v) is 2.17. The van der Waals surface area contributed by atoms with Crippen LogP contribution in [0.5, 0.6) is 0 Å². The molecule has 1 aliphatic rings. The van der Waals surface area contributed by atoms with Crippen molar-refractivity contribution >= 4 is 5.82 Å². The molecule has 0 aliphatic carbocycles. The lowest BCUT2D eigenvalue weighted by molar-refractivity contribution is 0.0664. The number of hydrogen-bond donors (Lipinski definition) is 1. The number of anilines is 1. The van der Waals surface area contributed by atoms with E-state index in [-0.39, 0.29) is 6.10 Å². The van der Waals surface area contributed by atoms with Gasteiger partial charge in [0.2, 0.25) is 0 Å². The highest BCUT2D eigenvalue weighted by atomic mass is 16.6. The second-order valence-electron chi connectivity index (χ2n) is 4.24. The molecule has 1 fully saturated rings. The Morgan fingerprint density at radius 3 is 2.81 bits per heavy atom. The van der Waals surface area contributed by atoms with Gasteiger partial charge in [-0.1, -0.05) is 6.07 Å². The minimum atomic E-state index is -0.106. The molecule has 0 spiro atoms. The molecule has 1 saturated heterocycles. The summed E-state index contributed by atoms with van der Waals surface area (Å²) in [7, 11) is 0. The Balaban J connectivity index is 2.24. The Labute approximate surface area is 96.4 Å². The average Bonchev–Trinajstić information content (AvgIpc) is 2.39. The maximum absolute atomic E-state index is 5.26. The van der Waals surface area contributed by atoms with E-state index >= 15 is 0 Å². The van der Waals surface area contributed by atoms with E-state index < -0.39 is 0 Å². The van der Waals surface area contributed by atoms with Gasteiger partial charge in [-0.3, -0.25) is 4.84 Å². The van der Waals surface area contributed by atoms with Gasteiger partial charge in [-0.2, -0.15) is 0 Å². The van der Waals surface area contributed by atoms with Gasteiger partial charge in [0.1, 0.15) is 11.9 Å². The summed E-state index contributed by atoms with van der Waals surface area (Å²) in [5, 5.41) is 0. The molecular weight excluding hydrogens is 202 g/mol. The summed E-state index contributed by atoms with van der Waals surface area (Å²) in [5.41, 5.74) is 1.08. The van der Waals surface area contributed by atoms with E-state index in [2.05, 4.69) is 9.88 Å². The van der Waals surface area contributed by atoms with Gasteiger partial charge in [0.05, 0.1) is 0 Å². The van der Waals surface area contributed by atoms with Crippen LogP contribution in [0.3, 0.4) is 0 Å². The smallest absolute Gasteiger partial charge is 0.134 e. The first-order chi connectivity index (χ1) is 7.83. The topological polar surface area (TPSA) is 51.4 Å². The van der Waals surface area contributed by atoms with E-state index in [1.807, 2.05) is 25.3 Å². The first-order valence-corrected chi connectivity index (χ1v) is 5.88. The fourth-order valence-electron chi connectivity index (χ4n) is 2.17. The first-order valence-electron chi connectivity index (χ1n) is 5.88. The van der Waals surface area contributed by atoms with Crippen LogP contribution in [0.1, 0.15) is 37.9 Å². The van der Waals surface area contributed by atoms with Gasteiger partial charge in [0.15, 0.2) is 0 Å². The van der Waals surface area contributed by atoms with Crippen molar-refractivity contribution in [2.24, 2.45) is 5.90 Å². The van der Waals surface area contributed by atoms with Crippen LogP contribution in [0.2, 0.25) is 0 Å². The molecule has 2 rings (SSSR count). The molecule has 1 aromatic rings. The highest BCUT2D eigenvalue weighted by Crippen LogP contribution is 2.27. The van der Waals surface area contributed by atoms with Crippen molar-refractivity contribution in [3.05, 3.63) is 23.9 Å². The summed E-state index contributed by atoms with van der Waals surface area (Å²) < 4.78 is 0. The molecule has 2 heterocycles. The van der Waals surface area contributed by atoms with Crippen LogP contribution < -0.4 is 10.8 Å². The quantitative estimate of drug-likeness (QED) is 0.793. The summed E-state index contributed by atoms with van der Waals surface area (Å²) >= 11 is 0. The second kappa shape index (κ2) is 5.27. The van der Waals surface area contributed by atoms with Crippen LogP contribution in [0.25, 0.3) is 0 Å². The lowest BCUT2D eigenvalue weighted by Crippen LogP contribution is -2.31. The number of hydrogen-bond acceptors (Lipinski definition) is 4. The van der Waals surface area contributed by atoms with Gasteiger partial charge in [-0.05, 0) is 32.3 Å². The zero-order chi connectivity index (χ0) is 11.4. The Morgan fingerprint density at radius 2 is 2.12 bits per heavy atom. The maximum atomic E-state index is 5.26. The molecule has 1 aliphatic heterocycles. The molecule has 4 nitrogen and oxygen atoms in total. The summed E-state index contributed by atoms with van der Waals surface area (Å²) in [6.07, 6.45) is 5.53. The summed E-state index contributed by atoms with van der Waals surface area (Å²) in [5.74, 6) is 6.28. The fraction of sp³-hybridized carbons (Fsp3) is 0.583. The molecule has 1 aromatic heterocycles. The van der Waals surface area contributed by atoms with Crippen molar-refractivity contribution in [2.75, 3.05) is 18.0 Å². The van der Waals surface area contributed by atoms with E-state index in [0.29, 0.717) is 0 Å². The zero-order valence-electron chi connectivity index (χ0n) is 9.72. The van der Waals surface area contributed by atoms with Crippen molar-refractivity contribution < 1.29 is 4.84 Å². The van der Waals surface area contributed by atoms with Crippen LogP contribution in [0.15, 0.2) is 18.3 Å². The number of piperidine rings is 1. The van der Waals surface area contributed by atoms with Crippen LogP contribution in [-0.4, -0.2) is 18.1 Å². The van der Waals surface area contributed by atoms with E-state index in [9.17, 15) is 0 Å². The molecule has 2 N–H and O–H groups in total. The van der Waals surface area contributed by atoms with Crippen molar-refractivity contribution in [1.82, 2.24) is 4.98 Å². The molecular formula is C12H19N3O. The Bertz CT molecular complexity index is 337. The summed E-state index contributed by atoms with van der Waals surface area (Å²) in [6.45, 7) is 4.12. The lowest BCUT2D eigenvalue weighted by Gasteiger charge is -2.30. The number of aromatic nitrogens is 1. The molecule has 1 atom stereocenters. The van der Waals surface area contributed by atoms with E-state index in [4.69, 9.17) is 10.7 Å². The monoisotopic (exact) mass is 221 g/mol. The summed E-state index contributed by atoms with van der Waals surface area (Å²) in [4.78, 5) is 11.7. The van der Waals surface area contributed by atoms with Gasteiger partial charge in [-0.25, -0.2) is 10.9 Å². The predicted octanol–water partition coefficient (Wildman–Crippen LogP) is 2.02. The molecule has 4 heteroatoms. The number of rotatable bonds is 3. The van der Waals surface area contributed by atoms with Crippen molar-refractivity contribution in [3.8, 4) is 0 Å². The van der Waals surface area contributed by atoms with Crippen LogP contribution in [0.4, 0.5) is 5.82 Å². The van der Waals surface area contributed by atoms with Gasteiger partial charge < -0.3 is 4.90 Å². The number of nitrogens with two attached hydrogens (primary N) is 1. The third-order valence-corrected chi connectivity index (χ3v) is 3.11. The highest BCUT2D eigenvalue weighted by Gasteiger charge is 2.18. The maximum Gasteiger partial charge on any atom is 0.134 e. The summed E-state index contributed by atoms with van der Waals surface area (Å²) in [6, 6.07) is 3.97. The van der Waals surface area contributed by atoms with Crippen molar-refractivity contribution in [1.29, 1.82) is 0 Å². The standard InChI is InChI=1S/C12H19N3O/c1-10(16-13)11-6-5-7-14-12(11)15-8-3-2-4-9-15/h5-7,10H,2-4,8-9,13H2,1H3. The van der Waals surface area contributed by atoms with Gasteiger partial charge in [-0.15, -0.1) is 0 Å². The van der Waals surface area contributed by atoms with Crippen LogP contribution in [0, 0.1) is 0 Å². The Kier molecular flexibility index (Phi) is 3.74. The van der Waals surface area contributed by atoms with Crippen LogP contribution >= 0.6 is 0 Å². The lowest BCUT2D eigenvalue weighted by atomic mass is 10.1. The van der Waals surface area contributed by atoms with E-state index in [1.54, 1.807) is 0 Å². The van der Waals surface area contributed by atoms with Gasteiger partial charge >= 0.3 is 0 Å². The third kappa shape index (κ3) is 2.33. The van der Waals surface area contributed by atoms with Crippen molar-refractivity contribution in [3.63, 3.8) is 0 Å². The third-order valence-electron chi connectivity index (χ3n) is 3.11. The van der Waals surface area contributed by atoms with Gasteiger partial charge in [0, 0.05) is 24.8 Å². The SMILES string of the molecule is CC(ON)c1cccnc1N1CCCCC1. The minimum Gasteiger partial charge on any atom is -0.356 e. The molecule has 0 bridgehead atoms. The Morgan fingerprint density at radius 1 is 1.38 bits per heavy atom. The molecule has 0 saturated carbocycles. The van der Waals surface area contributed by atoms with E-state index in [1.165, 1.54) is 19.3 Å². The second-order valence-corrected chi connectivity index (χ2v) is 4.24. The Hall–Kier alpha value is -1.13. The molecule has 88 valence electrons. The molecule has 16 heavy (non-hydrogen) atoms. The molecule has 0 radical (unpaired) electrons. The minimum absolute atomic E-state index is 0.106. The molecule has 0 aromatic carbocycles. The molecule has 0 amide bonds. The number of pyridine rings is 1. The van der Waals surface area contributed by atoms with Crippen LogP contribution in [-0.2, 0) is 4.84 Å². The van der Waals surface area contributed by atoms with Gasteiger partial charge in [0.25, 0.3) is 0 Å². The zero-order valence-corrected chi connectivity index (χ0v) is 9.72. The largest absolute Gasteiger partial charge is 0.356 e. The average molecular weight is 221 g/mol. The van der Waals surface area contributed by atoms with E-state index in [0.717, 1.165) is 24.5 Å². The normalized spacial score (nSPS) is 18.5.